The average molecular weight is 343 g/mol. The van der Waals surface area contributed by atoms with Gasteiger partial charge in [-0.15, -0.1) is 11.3 Å². The van der Waals surface area contributed by atoms with Gasteiger partial charge in [-0.2, -0.15) is 0 Å². The first kappa shape index (κ1) is 15.5. The van der Waals surface area contributed by atoms with Crippen LogP contribution >= 0.6 is 11.3 Å². The van der Waals surface area contributed by atoms with Gasteiger partial charge in [0.1, 0.15) is 5.82 Å². The number of hydrogen-bond acceptors (Lipinski definition) is 4. The van der Waals surface area contributed by atoms with Crippen LogP contribution in [0.2, 0.25) is 0 Å². The van der Waals surface area contributed by atoms with E-state index in [1.165, 1.54) is 23.5 Å². The summed E-state index contributed by atoms with van der Waals surface area (Å²) in [5, 5.41) is 1.95. The summed E-state index contributed by atoms with van der Waals surface area (Å²) < 4.78 is 14.8. The second-order valence-electron chi connectivity index (χ2n) is 6.26. The van der Waals surface area contributed by atoms with Gasteiger partial charge in [0.2, 0.25) is 0 Å². The normalized spacial score (nSPS) is 18.5. The maximum absolute atomic E-state index is 13.2. The van der Waals surface area contributed by atoms with Crippen molar-refractivity contribution >= 4 is 16.3 Å². The summed E-state index contributed by atoms with van der Waals surface area (Å²) in [5.41, 5.74) is 2.82. The number of thiazole rings is 1. The molecule has 4 rings (SSSR count). The molecule has 2 aromatic heterocycles. The van der Waals surface area contributed by atoms with E-state index in [4.69, 9.17) is 0 Å². The fourth-order valence-electron chi connectivity index (χ4n) is 3.47. The van der Waals surface area contributed by atoms with Gasteiger partial charge in [-0.1, -0.05) is 12.1 Å². The van der Waals surface area contributed by atoms with E-state index in [1.54, 1.807) is 10.5 Å². The van der Waals surface area contributed by atoms with Gasteiger partial charge in [-0.05, 0) is 44.0 Å². The molecule has 0 bridgehead atoms. The van der Waals surface area contributed by atoms with Crippen LogP contribution in [0.15, 0.2) is 40.5 Å². The van der Waals surface area contributed by atoms with Crippen LogP contribution in [0.4, 0.5) is 4.39 Å². The topological polar surface area (TPSA) is 37.6 Å². The molecule has 1 aliphatic heterocycles. The number of aryl methyl sites for hydroxylation is 1. The van der Waals surface area contributed by atoms with Crippen molar-refractivity contribution in [3.8, 4) is 0 Å². The van der Waals surface area contributed by atoms with Crippen molar-refractivity contribution in [3.05, 3.63) is 68.8 Å². The molecule has 3 heterocycles. The molecule has 0 radical (unpaired) electrons. The first-order valence-corrected chi connectivity index (χ1v) is 8.96. The highest BCUT2D eigenvalue weighted by Crippen LogP contribution is 2.33. The van der Waals surface area contributed by atoms with Crippen molar-refractivity contribution < 1.29 is 4.39 Å². The molecule has 0 N–H and O–H groups in total. The first-order chi connectivity index (χ1) is 11.6. The Hall–Kier alpha value is -2.05. The lowest BCUT2D eigenvalue weighted by atomic mass is 10.0. The third-order valence-electron chi connectivity index (χ3n) is 4.61. The lowest BCUT2D eigenvalue weighted by molar-refractivity contribution is 0.245. The molecule has 0 saturated carbocycles. The Bertz CT molecular complexity index is 932. The second kappa shape index (κ2) is 6.11. The maximum Gasteiger partial charge on any atom is 0.259 e. The standard InChI is InChI=1S/C18H18FN3OS/c1-12-11-24-18-20-15(9-17(23)22(12)18)10-21-8-2-3-16(21)13-4-6-14(19)7-5-13/h4-7,9,11,16H,2-3,8,10H2,1H3/t16-/m1/s1. The molecule has 6 heteroatoms. The zero-order valence-corrected chi connectivity index (χ0v) is 14.2. The zero-order valence-electron chi connectivity index (χ0n) is 13.4. The Morgan fingerprint density at radius 1 is 1.33 bits per heavy atom. The number of rotatable bonds is 3. The van der Waals surface area contributed by atoms with Gasteiger partial charge in [0.05, 0.1) is 5.69 Å². The summed E-state index contributed by atoms with van der Waals surface area (Å²) >= 11 is 1.49. The van der Waals surface area contributed by atoms with E-state index in [1.807, 2.05) is 24.4 Å². The first-order valence-electron chi connectivity index (χ1n) is 8.08. The monoisotopic (exact) mass is 343 g/mol. The van der Waals surface area contributed by atoms with E-state index >= 15 is 0 Å². The minimum Gasteiger partial charge on any atom is -0.291 e. The number of halogens is 1. The molecule has 4 nitrogen and oxygen atoms in total. The van der Waals surface area contributed by atoms with Crippen molar-refractivity contribution in [3.63, 3.8) is 0 Å². The highest BCUT2D eigenvalue weighted by Gasteiger charge is 2.26. The summed E-state index contributed by atoms with van der Waals surface area (Å²) in [5.74, 6) is -0.212. The molecule has 1 atom stereocenters. The Balaban J connectivity index is 1.62. The average Bonchev–Trinajstić information content (AvgIpc) is 3.15. The van der Waals surface area contributed by atoms with E-state index in [0.29, 0.717) is 6.54 Å². The van der Waals surface area contributed by atoms with Gasteiger partial charge >= 0.3 is 0 Å². The molecule has 1 aromatic carbocycles. The Kier molecular flexibility index (Phi) is 3.94. The van der Waals surface area contributed by atoms with Crippen LogP contribution in [-0.4, -0.2) is 20.8 Å². The van der Waals surface area contributed by atoms with Gasteiger partial charge in [-0.25, -0.2) is 9.37 Å². The number of aromatic nitrogens is 2. The largest absolute Gasteiger partial charge is 0.291 e. The predicted molar refractivity (Wildman–Crippen MR) is 92.9 cm³/mol. The van der Waals surface area contributed by atoms with Gasteiger partial charge in [-0.3, -0.25) is 14.1 Å². The van der Waals surface area contributed by atoms with Crippen LogP contribution in [-0.2, 0) is 6.54 Å². The third kappa shape index (κ3) is 2.76. The lowest BCUT2D eigenvalue weighted by Crippen LogP contribution is -2.25. The van der Waals surface area contributed by atoms with Gasteiger partial charge in [0, 0.05) is 29.7 Å². The highest BCUT2D eigenvalue weighted by molar-refractivity contribution is 7.15. The number of benzene rings is 1. The number of fused-ring (bicyclic) bond motifs is 1. The van der Waals surface area contributed by atoms with E-state index in [-0.39, 0.29) is 17.4 Å². The molecule has 1 aliphatic rings. The van der Waals surface area contributed by atoms with Crippen LogP contribution in [0.25, 0.3) is 4.96 Å². The van der Waals surface area contributed by atoms with E-state index in [2.05, 4.69) is 9.88 Å². The number of hydrogen-bond donors (Lipinski definition) is 0. The van der Waals surface area contributed by atoms with Crippen molar-refractivity contribution in [2.45, 2.75) is 32.4 Å². The maximum atomic E-state index is 13.2. The van der Waals surface area contributed by atoms with Crippen molar-refractivity contribution in [1.29, 1.82) is 0 Å². The fraction of sp³-hybridized carbons (Fsp3) is 0.333. The summed E-state index contributed by atoms with van der Waals surface area (Å²) in [7, 11) is 0. The number of likely N-dealkylation sites (tertiary alicyclic amines) is 1. The highest BCUT2D eigenvalue weighted by atomic mass is 32.1. The number of nitrogens with zero attached hydrogens (tertiary/aromatic N) is 3. The van der Waals surface area contributed by atoms with E-state index < -0.39 is 0 Å². The van der Waals surface area contributed by atoms with Crippen molar-refractivity contribution in [1.82, 2.24) is 14.3 Å². The molecular weight excluding hydrogens is 325 g/mol. The van der Waals surface area contributed by atoms with Crippen molar-refractivity contribution in [2.75, 3.05) is 6.54 Å². The predicted octanol–water partition coefficient (Wildman–Crippen LogP) is 3.54. The molecule has 0 unspecified atom stereocenters. The van der Waals surface area contributed by atoms with Gasteiger partial charge in [0.25, 0.3) is 5.56 Å². The SMILES string of the molecule is Cc1csc2nc(CN3CCC[C@@H]3c3ccc(F)cc3)cc(=O)n12. The van der Waals surface area contributed by atoms with Crippen LogP contribution in [0, 0.1) is 12.7 Å². The van der Waals surface area contributed by atoms with Gasteiger partial charge in [0.15, 0.2) is 4.96 Å². The summed E-state index contributed by atoms with van der Waals surface area (Å²) in [6, 6.07) is 8.62. The van der Waals surface area contributed by atoms with Crippen LogP contribution < -0.4 is 5.56 Å². The Labute approximate surface area is 143 Å². The minimum atomic E-state index is -0.212. The van der Waals surface area contributed by atoms with E-state index in [9.17, 15) is 9.18 Å². The second-order valence-corrected chi connectivity index (χ2v) is 7.10. The van der Waals surface area contributed by atoms with Gasteiger partial charge < -0.3 is 0 Å². The summed E-state index contributed by atoms with van der Waals surface area (Å²) in [6.07, 6.45) is 2.15. The quantitative estimate of drug-likeness (QED) is 0.730. The fourth-order valence-corrected chi connectivity index (χ4v) is 4.36. The molecule has 0 aliphatic carbocycles. The molecule has 24 heavy (non-hydrogen) atoms. The van der Waals surface area contributed by atoms with Crippen LogP contribution in [0.5, 0.6) is 0 Å². The minimum absolute atomic E-state index is 0.0220. The summed E-state index contributed by atoms with van der Waals surface area (Å²) in [6.45, 7) is 3.52. The Morgan fingerprint density at radius 2 is 2.12 bits per heavy atom. The molecule has 1 fully saturated rings. The molecule has 3 aromatic rings. The van der Waals surface area contributed by atoms with E-state index in [0.717, 1.165) is 41.3 Å². The van der Waals surface area contributed by atoms with Crippen LogP contribution in [0.3, 0.4) is 0 Å². The zero-order chi connectivity index (χ0) is 16.7. The summed E-state index contributed by atoms with van der Waals surface area (Å²) in [4.78, 5) is 20.0. The molecule has 1 saturated heterocycles. The lowest BCUT2D eigenvalue weighted by Gasteiger charge is -2.24. The smallest absolute Gasteiger partial charge is 0.259 e. The Morgan fingerprint density at radius 3 is 2.92 bits per heavy atom. The van der Waals surface area contributed by atoms with Crippen LogP contribution in [0.1, 0.15) is 35.8 Å². The molecule has 0 amide bonds. The van der Waals surface area contributed by atoms with Crippen molar-refractivity contribution in [2.24, 2.45) is 0 Å². The molecule has 124 valence electrons. The third-order valence-corrected chi connectivity index (χ3v) is 5.56. The molecular formula is C18H18FN3OS. The molecule has 0 spiro atoms.